The highest BCUT2D eigenvalue weighted by atomic mass is 32.1. The summed E-state index contributed by atoms with van der Waals surface area (Å²) >= 11 is 3.66. The van der Waals surface area contributed by atoms with Gasteiger partial charge in [0.1, 0.15) is 0 Å². The Balaban J connectivity index is 1.35. The molecule has 7 aromatic carbocycles. The standard InChI is InChI=1S/C42H23N3S2/c1-2-12-25-23-26(22-21-24(25)11-1)37-41-38(31-17-7-10-20-34(31)47-41)44-42(43-37)45-32-18-8-5-15-29(32)35-36-30-16-6-9-19-33(30)46-40(36)28-14-4-3-13-27(28)39(35)45/h1-23H. The van der Waals surface area contributed by atoms with E-state index in [0.717, 1.165) is 37.9 Å². The van der Waals surface area contributed by atoms with Crippen molar-refractivity contribution in [3.63, 3.8) is 0 Å². The first-order valence-electron chi connectivity index (χ1n) is 15.8. The zero-order valence-corrected chi connectivity index (χ0v) is 26.6. The lowest BCUT2D eigenvalue weighted by Gasteiger charge is -2.12. The molecule has 0 aliphatic carbocycles. The van der Waals surface area contributed by atoms with E-state index < -0.39 is 0 Å². The van der Waals surface area contributed by atoms with Crippen LogP contribution >= 0.6 is 22.7 Å². The molecule has 4 heterocycles. The molecular weight excluding hydrogens is 611 g/mol. The number of aromatic nitrogens is 3. The number of thiophene rings is 2. The van der Waals surface area contributed by atoms with Crippen molar-refractivity contribution in [3.05, 3.63) is 140 Å². The third kappa shape index (κ3) is 3.50. The third-order valence-electron chi connectivity index (χ3n) is 9.58. The fourth-order valence-corrected chi connectivity index (χ4v) is 9.94. The number of fused-ring (bicyclic) bond motifs is 14. The normalized spacial score (nSPS) is 12.3. The molecule has 0 N–H and O–H groups in total. The molecule has 0 saturated heterocycles. The molecule has 3 nitrogen and oxygen atoms in total. The summed E-state index contributed by atoms with van der Waals surface area (Å²) in [6.45, 7) is 0. The first kappa shape index (κ1) is 25.6. The maximum atomic E-state index is 5.52. The molecule has 0 spiro atoms. The molecule has 0 bridgehead atoms. The SMILES string of the molecule is c1ccc2cc(-c3nc(-n4c5ccccc5c5c6c7ccccc7sc6c6ccccc6c54)nc4c3sc3ccccc34)ccc2c1. The summed E-state index contributed by atoms with van der Waals surface area (Å²) in [5.41, 5.74) is 5.33. The fraction of sp³-hybridized carbons (Fsp3) is 0. The van der Waals surface area contributed by atoms with Crippen molar-refractivity contribution in [2.24, 2.45) is 0 Å². The van der Waals surface area contributed by atoms with Gasteiger partial charge in [-0.2, -0.15) is 0 Å². The lowest BCUT2D eigenvalue weighted by molar-refractivity contribution is 1.02. The van der Waals surface area contributed by atoms with Crippen LogP contribution in [0, 0.1) is 0 Å². The zero-order chi connectivity index (χ0) is 30.6. The van der Waals surface area contributed by atoms with Crippen molar-refractivity contribution in [1.29, 1.82) is 0 Å². The Morgan fingerprint density at radius 2 is 1.11 bits per heavy atom. The average molecular weight is 634 g/mol. The minimum absolute atomic E-state index is 0.694. The van der Waals surface area contributed by atoms with Crippen molar-refractivity contribution in [1.82, 2.24) is 14.5 Å². The monoisotopic (exact) mass is 633 g/mol. The van der Waals surface area contributed by atoms with Crippen LogP contribution < -0.4 is 0 Å². The van der Waals surface area contributed by atoms with E-state index in [2.05, 4.69) is 144 Å². The van der Waals surface area contributed by atoms with Crippen molar-refractivity contribution >= 4 is 106 Å². The summed E-state index contributed by atoms with van der Waals surface area (Å²) < 4.78 is 7.29. The molecule has 0 radical (unpaired) electrons. The Bertz CT molecular complexity index is 3090. The number of hydrogen-bond donors (Lipinski definition) is 0. The Kier molecular flexibility index (Phi) is 5.14. The second-order valence-electron chi connectivity index (χ2n) is 12.1. The third-order valence-corrected chi connectivity index (χ3v) is 11.9. The van der Waals surface area contributed by atoms with Crippen LogP contribution in [0.25, 0.3) is 101 Å². The Morgan fingerprint density at radius 3 is 1.96 bits per heavy atom. The number of hydrogen-bond acceptors (Lipinski definition) is 4. The number of para-hydroxylation sites is 1. The van der Waals surface area contributed by atoms with E-state index >= 15 is 0 Å². The summed E-state index contributed by atoms with van der Waals surface area (Å²) in [5, 5.41) is 11.1. The average Bonchev–Trinajstić information content (AvgIpc) is 3.81. The first-order chi connectivity index (χ1) is 23.3. The van der Waals surface area contributed by atoms with Crippen LogP contribution in [0.1, 0.15) is 0 Å². The lowest BCUT2D eigenvalue weighted by atomic mass is 10.00. The van der Waals surface area contributed by atoms with Gasteiger partial charge in [0, 0.05) is 57.4 Å². The van der Waals surface area contributed by atoms with Gasteiger partial charge < -0.3 is 0 Å². The summed E-state index contributed by atoms with van der Waals surface area (Å²) in [5.74, 6) is 0.694. The molecule has 0 amide bonds. The highest BCUT2D eigenvalue weighted by molar-refractivity contribution is 7.27. The van der Waals surface area contributed by atoms with Crippen LogP contribution in [-0.4, -0.2) is 14.5 Å². The van der Waals surface area contributed by atoms with Gasteiger partial charge in [-0.25, -0.2) is 9.97 Å². The molecule has 4 aromatic heterocycles. The van der Waals surface area contributed by atoms with Crippen LogP contribution in [-0.2, 0) is 0 Å². The lowest BCUT2D eigenvalue weighted by Crippen LogP contribution is -2.03. The molecule has 0 fully saturated rings. The minimum atomic E-state index is 0.694. The zero-order valence-electron chi connectivity index (χ0n) is 24.9. The Morgan fingerprint density at radius 1 is 0.468 bits per heavy atom. The molecule has 0 unspecified atom stereocenters. The Labute approximate surface area is 276 Å². The van der Waals surface area contributed by atoms with Gasteiger partial charge in [0.05, 0.1) is 26.9 Å². The fourth-order valence-electron chi connectivity index (χ4n) is 7.54. The molecule has 0 aliphatic heterocycles. The van der Waals surface area contributed by atoms with E-state index in [9.17, 15) is 0 Å². The van der Waals surface area contributed by atoms with Crippen LogP contribution in [0.4, 0.5) is 0 Å². The van der Waals surface area contributed by atoms with Crippen LogP contribution in [0.3, 0.4) is 0 Å². The molecule has 0 saturated carbocycles. The summed E-state index contributed by atoms with van der Waals surface area (Å²) in [6, 6.07) is 50.2. The van der Waals surface area contributed by atoms with Crippen LogP contribution in [0.15, 0.2) is 140 Å². The van der Waals surface area contributed by atoms with Gasteiger partial charge >= 0.3 is 0 Å². The summed E-state index contributed by atoms with van der Waals surface area (Å²) in [6.07, 6.45) is 0. The van der Waals surface area contributed by atoms with E-state index in [-0.39, 0.29) is 0 Å². The highest BCUT2D eigenvalue weighted by Gasteiger charge is 2.24. The summed E-state index contributed by atoms with van der Waals surface area (Å²) in [4.78, 5) is 11.0. The van der Waals surface area contributed by atoms with Gasteiger partial charge in [-0.15, -0.1) is 22.7 Å². The van der Waals surface area contributed by atoms with E-state index in [4.69, 9.17) is 9.97 Å². The number of benzene rings is 7. The smallest absolute Gasteiger partial charge is 0.235 e. The molecule has 0 aliphatic rings. The minimum Gasteiger partial charge on any atom is -0.277 e. The van der Waals surface area contributed by atoms with Gasteiger partial charge in [-0.3, -0.25) is 4.57 Å². The quantitative estimate of drug-likeness (QED) is 0.190. The molecule has 11 aromatic rings. The maximum absolute atomic E-state index is 5.52. The molecule has 5 heteroatoms. The first-order valence-corrected chi connectivity index (χ1v) is 17.4. The van der Waals surface area contributed by atoms with Crippen molar-refractivity contribution in [2.75, 3.05) is 0 Å². The summed E-state index contributed by atoms with van der Waals surface area (Å²) in [7, 11) is 0. The molecule has 11 rings (SSSR count). The highest BCUT2D eigenvalue weighted by Crippen LogP contribution is 2.48. The van der Waals surface area contributed by atoms with Gasteiger partial charge in [-0.05, 0) is 35.0 Å². The van der Waals surface area contributed by atoms with Gasteiger partial charge in [0.2, 0.25) is 5.95 Å². The maximum Gasteiger partial charge on any atom is 0.235 e. The number of nitrogens with zero attached hydrogens (tertiary/aromatic N) is 3. The van der Waals surface area contributed by atoms with Gasteiger partial charge in [0.15, 0.2) is 0 Å². The predicted molar refractivity (Wildman–Crippen MR) is 203 cm³/mol. The molecular formula is C42H23N3S2. The van der Waals surface area contributed by atoms with Crippen LogP contribution in [0.5, 0.6) is 0 Å². The van der Waals surface area contributed by atoms with Gasteiger partial charge in [-0.1, -0.05) is 115 Å². The van der Waals surface area contributed by atoms with E-state index in [1.807, 2.05) is 11.3 Å². The molecule has 47 heavy (non-hydrogen) atoms. The van der Waals surface area contributed by atoms with Crippen LogP contribution in [0.2, 0.25) is 0 Å². The second-order valence-corrected chi connectivity index (χ2v) is 14.2. The Hall–Kier alpha value is -5.62. The second kappa shape index (κ2) is 9.46. The predicted octanol–water partition coefficient (Wildman–Crippen LogP) is 12.3. The number of rotatable bonds is 2. The molecule has 0 atom stereocenters. The van der Waals surface area contributed by atoms with Gasteiger partial charge in [0.25, 0.3) is 0 Å². The van der Waals surface area contributed by atoms with E-state index in [1.165, 1.54) is 57.2 Å². The molecule has 218 valence electrons. The van der Waals surface area contributed by atoms with E-state index in [0.29, 0.717) is 5.95 Å². The van der Waals surface area contributed by atoms with E-state index in [1.54, 1.807) is 11.3 Å². The van der Waals surface area contributed by atoms with Crippen molar-refractivity contribution in [3.8, 4) is 17.2 Å². The van der Waals surface area contributed by atoms with Crippen molar-refractivity contribution < 1.29 is 0 Å². The van der Waals surface area contributed by atoms with Crippen molar-refractivity contribution in [2.45, 2.75) is 0 Å². The topological polar surface area (TPSA) is 30.7 Å². The largest absolute Gasteiger partial charge is 0.277 e.